The summed E-state index contributed by atoms with van der Waals surface area (Å²) in [7, 11) is 0. The molecule has 0 saturated heterocycles. The lowest BCUT2D eigenvalue weighted by Gasteiger charge is -2.31. The van der Waals surface area contributed by atoms with Gasteiger partial charge in [0.05, 0.1) is 0 Å². The summed E-state index contributed by atoms with van der Waals surface area (Å²) in [6, 6.07) is 0. The smallest absolute Gasteiger partial charge is 0.303 e. The molecule has 1 fully saturated rings. The van der Waals surface area contributed by atoms with E-state index in [4.69, 9.17) is 5.11 Å². The molecule has 0 aliphatic heterocycles. The van der Waals surface area contributed by atoms with E-state index in [1.165, 1.54) is 19.3 Å². The maximum absolute atomic E-state index is 10.2. The summed E-state index contributed by atoms with van der Waals surface area (Å²) in [5.74, 6) is 0.797. The van der Waals surface area contributed by atoms with Crippen molar-refractivity contribution in [3.05, 3.63) is 0 Å². The van der Waals surface area contributed by atoms with Crippen LogP contribution < -0.4 is 0 Å². The van der Waals surface area contributed by atoms with Crippen molar-refractivity contribution in [2.24, 2.45) is 11.8 Å². The fraction of sp³-hybridized carbons (Fsp3) is 0.889. The molecule has 64 valence electrons. The highest BCUT2D eigenvalue weighted by Crippen LogP contribution is 2.35. The molecule has 1 aliphatic carbocycles. The van der Waals surface area contributed by atoms with Gasteiger partial charge in [0.15, 0.2) is 0 Å². The lowest BCUT2D eigenvalue weighted by Crippen LogP contribution is -2.20. The lowest BCUT2D eigenvalue weighted by atomic mass is 9.75. The van der Waals surface area contributed by atoms with Crippen LogP contribution in [0, 0.1) is 11.8 Å². The van der Waals surface area contributed by atoms with E-state index in [0.29, 0.717) is 12.3 Å². The maximum Gasteiger partial charge on any atom is 0.303 e. The van der Waals surface area contributed by atoms with Crippen molar-refractivity contribution < 1.29 is 9.90 Å². The Morgan fingerprint density at radius 2 is 2.27 bits per heavy atom. The third-order valence-corrected chi connectivity index (χ3v) is 2.77. The molecule has 1 rings (SSSR count). The summed E-state index contributed by atoms with van der Waals surface area (Å²) in [4.78, 5) is 10.2. The first kappa shape index (κ1) is 8.57. The van der Waals surface area contributed by atoms with Gasteiger partial charge in [0, 0.05) is 6.42 Å². The van der Waals surface area contributed by atoms with Crippen LogP contribution >= 0.6 is 0 Å². The van der Waals surface area contributed by atoms with Gasteiger partial charge < -0.3 is 5.11 Å². The molecule has 0 spiro atoms. The highest BCUT2D eigenvalue weighted by Gasteiger charge is 2.23. The second-order valence-electron chi connectivity index (χ2n) is 3.60. The molecule has 1 N–H and O–H groups in total. The van der Waals surface area contributed by atoms with Crippen molar-refractivity contribution in [2.75, 3.05) is 0 Å². The SMILES string of the molecule is CC(CCC(=O)O)C1CCC1. The topological polar surface area (TPSA) is 37.3 Å². The number of carboxylic acid groups (broad SMARTS) is 1. The summed E-state index contributed by atoms with van der Waals surface area (Å²) in [6.45, 7) is 2.17. The fourth-order valence-corrected chi connectivity index (χ4v) is 1.60. The number of hydrogen-bond donors (Lipinski definition) is 1. The Labute approximate surface area is 67.6 Å². The molecule has 0 aromatic rings. The molecule has 0 aromatic carbocycles. The van der Waals surface area contributed by atoms with Crippen LogP contribution in [0.15, 0.2) is 0 Å². The monoisotopic (exact) mass is 156 g/mol. The second kappa shape index (κ2) is 3.74. The van der Waals surface area contributed by atoms with Crippen LogP contribution in [0.4, 0.5) is 0 Å². The van der Waals surface area contributed by atoms with Crippen LogP contribution in [0.5, 0.6) is 0 Å². The number of aliphatic carboxylic acids is 1. The standard InChI is InChI=1S/C9H16O2/c1-7(5-6-9(10)11)8-3-2-4-8/h7-8H,2-6H2,1H3,(H,10,11). The number of carbonyl (C=O) groups is 1. The van der Waals surface area contributed by atoms with E-state index < -0.39 is 5.97 Å². The average molecular weight is 156 g/mol. The minimum atomic E-state index is -0.656. The quantitative estimate of drug-likeness (QED) is 0.678. The molecule has 0 radical (unpaired) electrons. The summed E-state index contributed by atoms with van der Waals surface area (Å²) in [6.07, 6.45) is 5.20. The van der Waals surface area contributed by atoms with Gasteiger partial charge in [0.25, 0.3) is 0 Å². The van der Waals surface area contributed by atoms with Crippen molar-refractivity contribution in [2.45, 2.75) is 39.0 Å². The molecule has 1 aliphatic rings. The third kappa shape index (κ3) is 2.52. The van der Waals surface area contributed by atoms with Gasteiger partial charge in [-0.2, -0.15) is 0 Å². The predicted molar refractivity (Wildman–Crippen MR) is 43.4 cm³/mol. The van der Waals surface area contributed by atoms with Gasteiger partial charge in [-0.15, -0.1) is 0 Å². The molecule has 2 heteroatoms. The highest BCUT2D eigenvalue weighted by molar-refractivity contribution is 5.66. The van der Waals surface area contributed by atoms with E-state index in [0.717, 1.165) is 12.3 Å². The molecule has 1 unspecified atom stereocenters. The van der Waals surface area contributed by atoms with Crippen molar-refractivity contribution in [3.63, 3.8) is 0 Å². The minimum absolute atomic E-state index is 0.345. The van der Waals surface area contributed by atoms with E-state index in [-0.39, 0.29) is 0 Å². The molecule has 11 heavy (non-hydrogen) atoms. The zero-order chi connectivity index (χ0) is 8.27. The van der Waals surface area contributed by atoms with Crippen LogP contribution in [0.3, 0.4) is 0 Å². The Balaban J connectivity index is 2.09. The van der Waals surface area contributed by atoms with Crippen molar-refractivity contribution >= 4 is 5.97 Å². The fourth-order valence-electron chi connectivity index (χ4n) is 1.60. The van der Waals surface area contributed by atoms with Gasteiger partial charge in [-0.1, -0.05) is 26.2 Å². The molecular weight excluding hydrogens is 140 g/mol. The number of carboxylic acids is 1. The lowest BCUT2D eigenvalue weighted by molar-refractivity contribution is -0.137. The molecule has 0 aromatic heterocycles. The van der Waals surface area contributed by atoms with Gasteiger partial charge >= 0.3 is 5.97 Å². The van der Waals surface area contributed by atoms with Gasteiger partial charge in [-0.3, -0.25) is 4.79 Å². The van der Waals surface area contributed by atoms with Crippen LogP contribution in [0.25, 0.3) is 0 Å². The van der Waals surface area contributed by atoms with E-state index in [2.05, 4.69) is 6.92 Å². The summed E-state index contributed by atoms with van der Waals surface area (Å²) in [5.41, 5.74) is 0. The van der Waals surface area contributed by atoms with Crippen LogP contribution in [0.1, 0.15) is 39.0 Å². The van der Waals surface area contributed by atoms with Crippen LogP contribution in [-0.2, 0) is 4.79 Å². The Morgan fingerprint density at radius 3 is 2.64 bits per heavy atom. The van der Waals surface area contributed by atoms with E-state index in [1.54, 1.807) is 0 Å². The van der Waals surface area contributed by atoms with Gasteiger partial charge in [0.2, 0.25) is 0 Å². The summed E-state index contributed by atoms with van der Waals surface area (Å²) in [5, 5.41) is 8.43. The van der Waals surface area contributed by atoms with E-state index in [9.17, 15) is 4.79 Å². The third-order valence-electron chi connectivity index (χ3n) is 2.77. The Morgan fingerprint density at radius 1 is 1.64 bits per heavy atom. The Bertz CT molecular complexity index is 138. The highest BCUT2D eigenvalue weighted by atomic mass is 16.4. The summed E-state index contributed by atoms with van der Waals surface area (Å²) < 4.78 is 0. The first-order valence-electron chi connectivity index (χ1n) is 4.42. The van der Waals surface area contributed by atoms with Gasteiger partial charge in [-0.25, -0.2) is 0 Å². The molecule has 1 saturated carbocycles. The normalized spacial score (nSPS) is 20.8. The maximum atomic E-state index is 10.2. The zero-order valence-corrected chi connectivity index (χ0v) is 7.05. The van der Waals surface area contributed by atoms with Gasteiger partial charge in [-0.05, 0) is 18.3 Å². The van der Waals surface area contributed by atoms with E-state index in [1.807, 2.05) is 0 Å². The predicted octanol–water partition coefficient (Wildman–Crippen LogP) is 2.29. The average Bonchev–Trinajstić information content (AvgIpc) is 1.79. The Hall–Kier alpha value is -0.530. The largest absolute Gasteiger partial charge is 0.481 e. The molecule has 0 amide bonds. The molecular formula is C9H16O2. The van der Waals surface area contributed by atoms with Gasteiger partial charge in [0.1, 0.15) is 0 Å². The van der Waals surface area contributed by atoms with E-state index >= 15 is 0 Å². The first-order valence-corrected chi connectivity index (χ1v) is 4.42. The minimum Gasteiger partial charge on any atom is -0.481 e. The van der Waals surface area contributed by atoms with Crippen molar-refractivity contribution in [1.29, 1.82) is 0 Å². The van der Waals surface area contributed by atoms with Crippen LogP contribution in [-0.4, -0.2) is 11.1 Å². The van der Waals surface area contributed by atoms with Crippen molar-refractivity contribution in [1.82, 2.24) is 0 Å². The Kier molecular flexibility index (Phi) is 2.92. The number of rotatable bonds is 4. The molecule has 0 bridgehead atoms. The molecule has 0 heterocycles. The molecule has 1 atom stereocenters. The molecule has 2 nitrogen and oxygen atoms in total. The summed E-state index contributed by atoms with van der Waals surface area (Å²) >= 11 is 0. The number of hydrogen-bond acceptors (Lipinski definition) is 1. The first-order chi connectivity index (χ1) is 5.20. The van der Waals surface area contributed by atoms with Crippen molar-refractivity contribution in [3.8, 4) is 0 Å². The second-order valence-corrected chi connectivity index (χ2v) is 3.60. The van der Waals surface area contributed by atoms with Crippen LogP contribution in [0.2, 0.25) is 0 Å². The zero-order valence-electron chi connectivity index (χ0n) is 7.05.